The third-order valence-electron chi connectivity index (χ3n) is 4.05. The van der Waals surface area contributed by atoms with E-state index in [0.717, 1.165) is 19.3 Å². The number of amides is 1. The molecule has 144 valence electrons. The highest BCUT2D eigenvalue weighted by Gasteiger charge is 2.28. The number of ether oxygens (including phenoxy) is 1. The number of sulfone groups is 1. The molecule has 0 aromatic heterocycles. The normalized spacial score (nSPS) is 18.4. The maximum Gasteiger partial charge on any atom is 0.316 e. The fourth-order valence-electron chi connectivity index (χ4n) is 2.60. The van der Waals surface area contributed by atoms with E-state index in [2.05, 4.69) is 12.2 Å². The summed E-state index contributed by atoms with van der Waals surface area (Å²) in [4.78, 5) is 23.5. The van der Waals surface area contributed by atoms with Crippen molar-refractivity contribution < 1.29 is 22.7 Å². The van der Waals surface area contributed by atoms with Gasteiger partial charge in [-0.15, -0.1) is 11.8 Å². The molecule has 1 aliphatic heterocycles. The highest BCUT2D eigenvalue weighted by atomic mass is 32.2. The molecule has 1 aromatic rings. The Morgan fingerprint density at radius 3 is 2.62 bits per heavy atom. The summed E-state index contributed by atoms with van der Waals surface area (Å²) in [6, 6.07) is 7.62. The minimum Gasteiger partial charge on any atom is -0.455 e. The average Bonchev–Trinajstić information content (AvgIpc) is 2.96. The minimum absolute atomic E-state index is 0.0552. The number of benzene rings is 1. The van der Waals surface area contributed by atoms with Crippen molar-refractivity contribution in [2.75, 3.05) is 29.2 Å². The summed E-state index contributed by atoms with van der Waals surface area (Å²) in [5, 5.41) is 2.62. The zero-order valence-corrected chi connectivity index (χ0v) is 16.5. The molecule has 6 nitrogen and oxygen atoms in total. The molecule has 1 amide bonds. The van der Waals surface area contributed by atoms with E-state index in [0.29, 0.717) is 12.1 Å². The molecule has 0 unspecified atom stereocenters. The Kier molecular flexibility index (Phi) is 7.96. The van der Waals surface area contributed by atoms with Crippen LogP contribution in [0.25, 0.3) is 0 Å². The zero-order valence-electron chi connectivity index (χ0n) is 14.9. The number of hydrogen-bond acceptors (Lipinski definition) is 6. The Balaban J connectivity index is 1.65. The van der Waals surface area contributed by atoms with Gasteiger partial charge >= 0.3 is 5.97 Å². The number of anilines is 1. The molecule has 8 heteroatoms. The van der Waals surface area contributed by atoms with Gasteiger partial charge in [0.15, 0.2) is 16.4 Å². The van der Waals surface area contributed by atoms with Crippen LogP contribution in [0.2, 0.25) is 0 Å². The second kappa shape index (κ2) is 9.97. The molecular formula is C18H25NO5S2. The van der Waals surface area contributed by atoms with Crippen molar-refractivity contribution in [1.29, 1.82) is 0 Å². The SMILES string of the molecule is CCCCc1ccc(NC(=O)COC(=O)CS[C@@H]2CCS(=O)(=O)C2)cc1. The van der Waals surface area contributed by atoms with E-state index >= 15 is 0 Å². The van der Waals surface area contributed by atoms with Gasteiger partial charge in [0, 0.05) is 10.9 Å². The number of carbonyl (C=O) groups excluding carboxylic acids is 2. The second-order valence-electron chi connectivity index (χ2n) is 6.35. The molecule has 0 aliphatic carbocycles. The molecule has 1 aliphatic rings. The highest BCUT2D eigenvalue weighted by molar-refractivity contribution is 8.02. The Hall–Kier alpha value is -1.54. The van der Waals surface area contributed by atoms with E-state index in [9.17, 15) is 18.0 Å². The van der Waals surface area contributed by atoms with Crippen molar-refractivity contribution in [3.05, 3.63) is 29.8 Å². The van der Waals surface area contributed by atoms with Gasteiger partial charge in [-0.25, -0.2) is 8.42 Å². The predicted octanol–water partition coefficient (Wildman–Crippen LogP) is 2.43. The molecule has 1 atom stereocenters. The number of unbranched alkanes of at least 4 members (excludes halogenated alkanes) is 1. The van der Waals surface area contributed by atoms with Gasteiger partial charge in [-0.05, 0) is 37.0 Å². The van der Waals surface area contributed by atoms with E-state index < -0.39 is 21.7 Å². The van der Waals surface area contributed by atoms with Gasteiger partial charge in [0.05, 0.1) is 17.3 Å². The summed E-state index contributed by atoms with van der Waals surface area (Å²) >= 11 is 1.27. The van der Waals surface area contributed by atoms with Crippen LogP contribution in [0.5, 0.6) is 0 Å². The summed E-state index contributed by atoms with van der Waals surface area (Å²) in [5.74, 6) is -0.559. The number of esters is 1. The number of aryl methyl sites for hydroxylation is 1. The van der Waals surface area contributed by atoms with Crippen molar-refractivity contribution in [2.24, 2.45) is 0 Å². The van der Waals surface area contributed by atoms with E-state index in [-0.39, 0.29) is 29.1 Å². The van der Waals surface area contributed by atoms with Gasteiger partial charge in [-0.2, -0.15) is 0 Å². The summed E-state index contributed by atoms with van der Waals surface area (Å²) in [5.41, 5.74) is 1.89. The first-order valence-electron chi connectivity index (χ1n) is 8.74. The lowest BCUT2D eigenvalue weighted by molar-refractivity contribution is -0.144. The summed E-state index contributed by atoms with van der Waals surface area (Å²) in [6.45, 7) is 1.80. The van der Waals surface area contributed by atoms with Crippen LogP contribution in [0.3, 0.4) is 0 Å². The molecule has 2 rings (SSSR count). The van der Waals surface area contributed by atoms with Crippen LogP contribution in [0.4, 0.5) is 5.69 Å². The van der Waals surface area contributed by atoms with Crippen LogP contribution in [-0.2, 0) is 30.6 Å². The van der Waals surface area contributed by atoms with Crippen molar-refractivity contribution >= 4 is 39.2 Å². The van der Waals surface area contributed by atoms with Crippen LogP contribution in [0.15, 0.2) is 24.3 Å². The van der Waals surface area contributed by atoms with Crippen LogP contribution < -0.4 is 5.32 Å². The largest absolute Gasteiger partial charge is 0.455 e. The quantitative estimate of drug-likeness (QED) is 0.642. The zero-order chi connectivity index (χ0) is 19.0. The second-order valence-corrected chi connectivity index (χ2v) is 9.86. The third-order valence-corrected chi connectivity index (χ3v) is 7.30. The number of thioether (sulfide) groups is 1. The minimum atomic E-state index is -2.95. The predicted molar refractivity (Wildman–Crippen MR) is 104 cm³/mol. The molecule has 0 saturated carbocycles. The van der Waals surface area contributed by atoms with Gasteiger partial charge in [0.2, 0.25) is 0 Å². The molecule has 26 heavy (non-hydrogen) atoms. The lowest BCUT2D eigenvalue weighted by atomic mass is 10.1. The van der Waals surface area contributed by atoms with Gasteiger partial charge in [-0.1, -0.05) is 25.5 Å². The first kappa shape index (κ1) is 20.8. The lowest BCUT2D eigenvalue weighted by Crippen LogP contribution is -2.22. The van der Waals surface area contributed by atoms with E-state index in [1.54, 1.807) is 0 Å². The molecule has 1 N–H and O–H groups in total. The van der Waals surface area contributed by atoms with Crippen molar-refractivity contribution in [3.8, 4) is 0 Å². The number of carbonyl (C=O) groups is 2. The number of rotatable bonds is 9. The van der Waals surface area contributed by atoms with Gasteiger partial charge in [0.1, 0.15) is 0 Å². The summed E-state index contributed by atoms with van der Waals surface area (Å²) in [6.07, 6.45) is 3.85. The molecule has 1 saturated heterocycles. The Morgan fingerprint density at radius 1 is 1.27 bits per heavy atom. The summed E-state index contributed by atoms with van der Waals surface area (Å²) in [7, 11) is -2.95. The molecular weight excluding hydrogens is 374 g/mol. The van der Waals surface area contributed by atoms with Gasteiger partial charge < -0.3 is 10.1 Å². The average molecular weight is 400 g/mol. The lowest BCUT2D eigenvalue weighted by Gasteiger charge is -2.09. The first-order chi connectivity index (χ1) is 12.4. The van der Waals surface area contributed by atoms with Crippen LogP contribution >= 0.6 is 11.8 Å². The third kappa shape index (κ3) is 7.37. The Morgan fingerprint density at radius 2 is 2.00 bits per heavy atom. The highest BCUT2D eigenvalue weighted by Crippen LogP contribution is 2.24. The van der Waals surface area contributed by atoms with E-state index in [4.69, 9.17) is 4.74 Å². The Bertz CT molecular complexity index is 716. The Labute approximate surface area is 159 Å². The van der Waals surface area contributed by atoms with Crippen LogP contribution in [0.1, 0.15) is 31.7 Å². The van der Waals surface area contributed by atoms with E-state index in [1.807, 2.05) is 24.3 Å². The van der Waals surface area contributed by atoms with Crippen LogP contribution in [-0.4, -0.2) is 49.4 Å². The standard InChI is InChI=1S/C18H25NO5S2/c1-2-3-4-14-5-7-15(8-6-14)19-17(20)11-24-18(21)12-25-16-9-10-26(22,23)13-16/h5-8,16H,2-4,9-13H2,1H3,(H,19,20)/t16-/m1/s1. The fourth-order valence-corrected chi connectivity index (χ4v) is 6.04. The number of hydrogen-bond donors (Lipinski definition) is 1. The number of nitrogens with one attached hydrogen (secondary N) is 1. The maximum atomic E-state index is 11.8. The maximum absolute atomic E-state index is 11.8. The fraction of sp³-hybridized carbons (Fsp3) is 0.556. The monoisotopic (exact) mass is 399 g/mol. The summed E-state index contributed by atoms with van der Waals surface area (Å²) < 4.78 is 27.7. The van der Waals surface area contributed by atoms with Crippen LogP contribution in [0, 0.1) is 0 Å². The molecule has 0 spiro atoms. The van der Waals surface area contributed by atoms with Gasteiger partial charge in [-0.3, -0.25) is 9.59 Å². The molecule has 0 bridgehead atoms. The first-order valence-corrected chi connectivity index (χ1v) is 11.6. The molecule has 1 fully saturated rings. The van der Waals surface area contributed by atoms with Crippen molar-refractivity contribution in [2.45, 2.75) is 37.9 Å². The topological polar surface area (TPSA) is 89.5 Å². The molecule has 0 radical (unpaired) electrons. The molecule has 1 heterocycles. The van der Waals surface area contributed by atoms with Gasteiger partial charge in [0.25, 0.3) is 5.91 Å². The van der Waals surface area contributed by atoms with E-state index in [1.165, 1.54) is 17.3 Å². The smallest absolute Gasteiger partial charge is 0.316 e. The van der Waals surface area contributed by atoms with Crippen molar-refractivity contribution in [3.63, 3.8) is 0 Å². The molecule has 1 aromatic carbocycles. The van der Waals surface area contributed by atoms with Crippen molar-refractivity contribution in [1.82, 2.24) is 0 Å².